The first-order valence-corrected chi connectivity index (χ1v) is 6.24. The van der Waals surface area contributed by atoms with Crippen LogP contribution in [-0.2, 0) is 9.53 Å². The van der Waals surface area contributed by atoms with Crippen LogP contribution in [0.3, 0.4) is 0 Å². The third kappa shape index (κ3) is 4.26. The Morgan fingerprint density at radius 3 is 2.76 bits per heavy atom. The van der Waals surface area contributed by atoms with Crippen molar-refractivity contribution < 1.29 is 14.6 Å². The van der Waals surface area contributed by atoms with Gasteiger partial charge in [0.2, 0.25) is 5.91 Å². The summed E-state index contributed by atoms with van der Waals surface area (Å²) in [5.74, 6) is -0.206. The van der Waals surface area contributed by atoms with Gasteiger partial charge in [-0.3, -0.25) is 4.79 Å². The monoisotopic (exact) mass is 244 g/mol. The average molecular weight is 244 g/mol. The molecule has 0 aromatic rings. The molecule has 1 aliphatic rings. The zero-order valence-corrected chi connectivity index (χ0v) is 11.0. The van der Waals surface area contributed by atoms with Crippen LogP contribution in [0.4, 0.5) is 0 Å². The molecule has 0 aromatic heterocycles. The number of carbonyl (C=O) groups excluding carboxylic acids is 1. The fraction of sp³-hybridized carbons (Fsp3) is 0.917. The number of carbonyl (C=O) groups is 1. The minimum absolute atomic E-state index is 0.0462. The molecular formula is C12H24N2O3. The third-order valence-electron chi connectivity index (χ3n) is 2.93. The number of hydrogen-bond donors (Lipinski definition) is 3. The number of amides is 1. The molecule has 5 heteroatoms. The Morgan fingerprint density at radius 1 is 1.47 bits per heavy atom. The maximum atomic E-state index is 12.1. The van der Waals surface area contributed by atoms with Gasteiger partial charge >= 0.3 is 0 Å². The topological polar surface area (TPSA) is 70.6 Å². The van der Waals surface area contributed by atoms with E-state index in [1.54, 1.807) is 13.8 Å². The zero-order valence-electron chi connectivity index (χ0n) is 11.0. The fourth-order valence-corrected chi connectivity index (χ4v) is 1.81. The average Bonchev–Trinajstić information content (AvgIpc) is 2.74. The molecule has 17 heavy (non-hydrogen) atoms. The molecule has 1 heterocycles. The Morgan fingerprint density at radius 2 is 2.18 bits per heavy atom. The van der Waals surface area contributed by atoms with Crippen LogP contribution >= 0.6 is 0 Å². The summed E-state index contributed by atoms with van der Waals surface area (Å²) in [6.07, 6.45) is 1.03. The van der Waals surface area contributed by atoms with E-state index in [4.69, 9.17) is 9.84 Å². The molecule has 2 unspecified atom stereocenters. The van der Waals surface area contributed by atoms with E-state index in [1.807, 2.05) is 0 Å². The Labute approximate surface area is 103 Å². The molecular weight excluding hydrogens is 220 g/mol. The summed E-state index contributed by atoms with van der Waals surface area (Å²) in [5.41, 5.74) is -0.574. The van der Waals surface area contributed by atoms with Gasteiger partial charge in [0, 0.05) is 6.04 Å². The van der Waals surface area contributed by atoms with Gasteiger partial charge in [0.15, 0.2) is 0 Å². The molecule has 2 atom stereocenters. The van der Waals surface area contributed by atoms with Crippen LogP contribution in [0, 0.1) is 5.92 Å². The molecule has 0 spiro atoms. The highest BCUT2D eigenvalue weighted by atomic mass is 16.5. The van der Waals surface area contributed by atoms with Crippen molar-refractivity contribution in [3.63, 3.8) is 0 Å². The molecule has 1 aliphatic heterocycles. The molecule has 1 rings (SSSR count). The Hall–Kier alpha value is -0.650. The molecule has 5 nitrogen and oxygen atoms in total. The number of nitrogens with one attached hydrogen (secondary N) is 2. The Kier molecular flexibility index (Phi) is 5.36. The summed E-state index contributed by atoms with van der Waals surface area (Å²) in [5, 5.41) is 15.3. The number of aliphatic hydroxyl groups excluding tert-OH is 1. The van der Waals surface area contributed by atoms with Gasteiger partial charge in [-0.25, -0.2) is 0 Å². The first-order valence-electron chi connectivity index (χ1n) is 6.24. The molecule has 0 aromatic carbocycles. The molecule has 1 saturated heterocycles. The Bertz CT molecular complexity index is 256. The molecule has 0 aliphatic carbocycles. The largest absolute Gasteiger partial charge is 0.394 e. The minimum atomic E-state index is -0.574. The van der Waals surface area contributed by atoms with Crippen molar-refractivity contribution in [1.82, 2.24) is 10.6 Å². The molecule has 0 bridgehead atoms. The van der Waals surface area contributed by atoms with E-state index in [0.29, 0.717) is 13.2 Å². The second kappa shape index (κ2) is 6.33. The number of ether oxygens (including phenoxy) is 1. The van der Waals surface area contributed by atoms with Gasteiger partial charge in [-0.1, -0.05) is 6.92 Å². The van der Waals surface area contributed by atoms with Crippen LogP contribution in [0.25, 0.3) is 0 Å². The molecule has 0 radical (unpaired) electrons. The maximum absolute atomic E-state index is 12.1. The minimum Gasteiger partial charge on any atom is -0.394 e. The van der Waals surface area contributed by atoms with Crippen molar-refractivity contribution in [1.29, 1.82) is 0 Å². The molecule has 3 N–H and O–H groups in total. The van der Waals surface area contributed by atoms with Crippen molar-refractivity contribution in [2.75, 3.05) is 26.4 Å². The number of hydrogen-bond acceptors (Lipinski definition) is 4. The Balaban J connectivity index is 2.50. The lowest BCUT2D eigenvalue weighted by molar-refractivity contribution is -0.127. The van der Waals surface area contributed by atoms with E-state index in [1.165, 1.54) is 0 Å². The van der Waals surface area contributed by atoms with Crippen molar-refractivity contribution >= 4 is 5.91 Å². The van der Waals surface area contributed by atoms with Crippen LogP contribution in [0.1, 0.15) is 27.2 Å². The van der Waals surface area contributed by atoms with E-state index >= 15 is 0 Å². The zero-order chi connectivity index (χ0) is 12.9. The first-order chi connectivity index (χ1) is 8.00. The van der Waals surface area contributed by atoms with Crippen LogP contribution < -0.4 is 10.6 Å². The van der Waals surface area contributed by atoms with Crippen LogP contribution in [-0.4, -0.2) is 49.0 Å². The van der Waals surface area contributed by atoms with Crippen molar-refractivity contribution in [3.8, 4) is 0 Å². The number of aliphatic hydroxyl groups is 1. The highest BCUT2D eigenvalue weighted by Gasteiger charge is 2.35. The van der Waals surface area contributed by atoms with Gasteiger partial charge in [-0.05, 0) is 26.8 Å². The molecule has 1 fully saturated rings. The quantitative estimate of drug-likeness (QED) is 0.609. The van der Waals surface area contributed by atoms with Gasteiger partial charge < -0.3 is 20.5 Å². The van der Waals surface area contributed by atoms with Gasteiger partial charge in [0.05, 0.1) is 31.3 Å². The van der Waals surface area contributed by atoms with Gasteiger partial charge in [0.1, 0.15) is 0 Å². The summed E-state index contributed by atoms with van der Waals surface area (Å²) >= 11 is 0. The predicted octanol–water partition coefficient (Wildman–Crippen LogP) is -0.112. The lowest BCUT2D eigenvalue weighted by atomic mass is 9.99. The summed E-state index contributed by atoms with van der Waals surface area (Å²) in [6.45, 7) is 7.55. The summed E-state index contributed by atoms with van der Waals surface area (Å²) in [7, 11) is 0. The van der Waals surface area contributed by atoms with Crippen LogP contribution in [0.5, 0.6) is 0 Å². The van der Waals surface area contributed by atoms with Gasteiger partial charge in [-0.15, -0.1) is 0 Å². The highest BCUT2D eigenvalue weighted by Crippen LogP contribution is 2.15. The fourth-order valence-electron chi connectivity index (χ4n) is 1.81. The summed E-state index contributed by atoms with van der Waals surface area (Å²) in [4.78, 5) is 12.1. The highest BCUT2D eigenvalue weighted by molar-refractivity contribution is 5.80. The van der Waals surface area contributed by atoms with Gasteiger partial charge in [-0.2, -0.15) is 0 Å². The van der Waals surface area contributed by atoms with Crippen molar-refractivity contribution in [2.45, 2.75) is 38.8 Å². The second-order valence-corrected chi connectivity index (χ2v) is 5.24. The summed E-state index contributed by atoms with van der Waals surface area (Å²) in [6, 6.07) is 0.0874. The normalized spacial score (nSPS) is 24.9. The van der Waals surface area contributed by atoms with Gasteiger partial charge in [0.25, 0.3) is 0 Å². The molecule has 0 saturated carbocycles. The van der Waals surface area contributed by atoms with Crippen molar-refractivity contribution in [3.05, 3.63) is 0 Å². The maximum Gasteiger partial charge on any atom is 0.227 e. The number of rotatable bonds is 6. The van der Waals surface area contributed by atoms with Crippen molar-refractivity contribution in [2.24, 2.45) is 5.92 Å². The lowest BCUT2D eigenvalue weighted by Crippen LogP contribution is -2.52. The second-order valence-electron chi connectivity index (χ2n) is 5.24. The van der Waals surface area contributed by atoms with E-state index in [-0.39, 0.29) is 24.5 Å². The molecule has 100 valence electrons. The first kappa shape index (κ1) is 14.4. The smallest absolute Gasteiger partial charge is 0.227 e. The molecule has 1 amide bonds. The third-order valence-corrected chi connectivity index (χ3v) is 2.93. The summed E-state index contributed by atoms with van der Waals surface area (Å²) < 4.78 is 5.35. The standard InChI is InChI=1S/C12H24N2O3/c1-4-5-13-10-7-17-6-9(10)11(16)14-12(2,3)8-15/h9-10,13,15H,4-8H2,1-3H3,(H,14,16). The van der Waals surface area contributed by atoms with Crippen LogP contribution in [0.2, 0.25) is 0 Å². The van der Waals surface area contributed by atoms with E-state index in [2.05, 4.69) is 17.6 Å². The SMILES string of the molecule is CCCNC1COCC1C(=O)NC(C)(C)CO. The van der Waals surface area contributed by atoms with E-state index < -0.39 is 5.54 Å². The predicted molar refractivity (Wildman–Crippen MR) is 65.7 cm³/mol. The van der Waals surface area contributed by atoms with Crippen LogP contribution in [0.15, 0.2) is 0 Å². The lowest BCUT2D eigenvalue weighted by Gasteiger charge is -2.27. The van der Waals surface area contributed by atoms with E-state index in [0.717, 1.165) is 13.0 Å². The van der Waals surface area contributed by atoms with E-state index in [9.17, 15) is 4.79 Å².